The van der Waals surface area contributed by atoms with E-state index in [1.807, 2.05) is 6.92 Å². The minimum absolute atomic E-state index is 0.0937. The Labute approximate surface area is 164 Å². The third-order valence-electron chi connectivity index (χ3n) is 4.83. The molecule has 0 spiro atoms. The van der Waals surface area contributed by atoms with Crippen LogP contribution in [0.4, 0.5) is 5.69 Å². The first-order valence-electron chi connectivity index (χ1n) is 9.04. The van der Waals surface area contributed by atoms with E-state index in [9.17, 15) is 9.59 Å². The van der Waals surface area contributed by atoms with Gasteiger partial charge in [-0.15, -0.1) is 0 Å². The second-order valence-corrected chi connectivity index (χ2v) is 7.20. The SMILES string of the molecule is COc1cc(Cl)c(C)cc1NC(=O)c1ccc(C(=O)NC2CCCC2)cc1. The van der Waals surface area contributed by atoms with Gasteiger partial charge in [0.15, 0.2) is 0 Å². The Balaban J connectivity index is 1.69. The van der Waals surface area contributed by atoms with Gasteiger partial charge in [-0.25, -0.2) is 0 Å². The van der Waals surface area contributed by atoms with Crippen molar-refractivity contribution in [1.29, 1.82) is 0 Å². The quantitative estimate of drug-likeness (QED) is 0.790. The van der Waals surface area contributed by atoms with E-state index in [4.69, 9.17) is 16.3 Å². The lowest BCUT2D eigenvalue weighted by Crippen LogP contribution is -2.32. The van der Waals surface area contributed by atoms with Gasteiger partial charge in [-0.3, -0.25) is 9.59 Å². The minimum atomic E-state index is -0.280. The summed E-state index contributed by atoms with van der Waals surface area (Å²) < 4.78 is 5.28. The molecule has 0 bridgehead atoms. The number of carbonyl (C=O) groups excluding carboxylic acids is 2. The van der Waals surface area contributed by atoms with Gasteiger partial charge in [0.05, 0.1) is 12.8 Å². The molecule has 1 saturated carbocycles. The average molecular weight is 387 g/mol. The van der Waals surface area contributed by atoms with Gasteiger partial charge in [-0.2, -0.15) is 0 Å². The Morgan fingerprint density at radius 3 is 2.22 bits per heavy atom. The molecule has 27 heavy (non-hydrogen) atoms. The predicted octanol–water partition coefficient (Wildman–Crippen LogP) is 4.58. The fourth-order valence-corrected chi connectivity index (χ4v) is 3.39. The predicted molar refractivity (Wildman–Crippen MR) is 107 cm³/mol. The molecular formula is C21H23ClN2O3. The van der Waals surface area contributed by atoms with Crippen LogP contribution in [0.2, 0.25) is 5.02 Å². The molecule has 6 heteroatoms. The molecule has 1 aliphatic rings. The van der Waals surface area contributed by atoms with Gasteiger partial charge in [0, 0.05) is 28.3 Å². The van der Waals surface area contributed by atoms with Crippen LogP contribution >= 0.6 is 11.6 Å². The average Bonchev–Trinajstić information content (AvgIpc) is 3.17. The third-order valence-corrected chi connectivity index (χ3v) is 5.24. The largest absolute Gasteiger partial charge is 0.495 e. The molecule has 2 aromatic rings. The molecule has 0 heterocycles. The molecule has 0 aromatic heterocycles. The second kappa shape index (κ2) is 8.44. The summed E-state index contributed by atoms with van der Waals surface area (Å²) >= 11 is 6.10. The molecule has 5 nitrogen and oxygen atoms in total. The third kappa shape index (κ3) is 4.61. The number of anilines is 1. The van der Waals surface area contributed by atoms with E-state index in [0.29, 0.717) is 27.6 Å². The Morgan fingerprint density at radius 2 is 1.63 bits per heavy atom. The summed E-state index contributed by atoms with van der Waals surface area (Å²) in [5, 5.41) is 6.44. The van der Waals surface area contributed by atoms with Crippen molar-refractivity contribution in [2.75, 3.05) is 12.4 Å². The first-order chi connectivity index (χ1) is 13.0. The molecule has 1 fully saturated rings. The number of carbonyl (C=O) groups is 2. The number of nitrogens with one attached hydrogen (secondary N) is 2. The molecule has 0 aliphatic heterocycles. The Hall–Kier alpha value is -2.53. The Kier molecular flexibility index (Phi) is 6.01. The van der Waals surface area contributed by atoms with Gasteiger partial charge in [0.25, 0.3) is 11.8 Å². The Bertz CT molecular complexity index is 843. The molecule has 2 aromatic carbocycles. The van der Waals surface area contributed by atoms with Crippen LogP contribution in [0.15, 0.2) is 36.4 Å². The number of ether oxygens (including phenoxy) is 1. The van der Waals surface area contributed by atoms with Crippen molar-refractivity contribution < 1.29 is 14.3 Å². The summed E-state index contributed by atoms with van der Waals surface area (Å²) in [6.45, 7) is 1.86. The number of benzene rings is 2. The second-order valence-electron chi connectivity index (χ2n) is 6.79. The van der Waals surface area contributed by atoms with Gasteiger partial charge in [-0.1, -0.05) is 24.4 Å². The van der Waals surface area contributed by atoms with Gasteiger partial charge >= 0.3 is 0 Å². The lowest BCUT2D eigenvalue weighted by Gasteiger charge is -2.13. The summed E-state index contributed by atoms with van der Waals surface area (Å²) in [5.74, 6) is 0.119. The number of halogens is 1. The van der Waals surface area contributed by atoms with Crippen LogP contribution in [-0.2, 0) is 0 Å². The summed E-state index contributed by atoms with van der Waals surface area (Å²) in [4.78, 5) is 24.8. The van der Waals surface area contributed by atoms with Crippen LogP contribution in [0.1, 0.15) is 52.0 Å². The Morgan fingerprint density at radius 1 is 1.04 bits per heavy atom. The van der Waals surface area contributed by atoms with E-state index in [0.717, 1.165) is 31.2 Å². The van der Waals surface area contributed by atoms with Crippen molar-refractivity contribution >= 4 is 29.1 Å². The molecular weight excluding hydrogens is 364 g/mol. The van der Waals surface area contributed by atoms with Crippen LogP contribution in [0.5, 0.6) is 5.75 Å². The summed E-state index contributed by atoms with van der Waals surface area (Å²) in [5.41, 5.74) is 2.40. The first kappa shape index (κ1) is 19.2. The number of amides is 2. The number of aryl methyl sites for hydroxylation is 1. The van der Waals surface area contributed by atoms with E-state index in [1.54, 1.807) is 36.4 Å². The van der Waals surface area contributed by atoms with Gasteiger partial charge in [0.1, 0.15) is 5.75 Å². The van der Waals surface area contributed by atoms with Crippen molar-refractivity contribution in [2.45, 2.75) is 38.6 Å². The highest BCUT2D eigenvalue weighted by atomic mass is 35.5. The highest BCUT2D eigenvalue weighted by Crippen LogP contribution is 2.31. The van der Waals surface area contributed by atoms with Gasteiger partial charge < -0.3 is 15.4 Å². The van der Waals surface area contributed by atoms with Crippen molar-refractivity contribution in [1.82, 2.24) is 5.32 Å². The van der Waals surface area contributed by atoms with E-state index in [-0.39, 0.29) is 17.9 Å². The van der Waals surface area contributed by atoms with E-state index in [2.05, 4.69) is 10.6 Å². The van der Waals surface area contributed by atoms with Crippen LogP contribution < -0.4 is 15.4 Å². The maximum absolute atomic E-state index is 12.5. The smallest absolute Gasteiger partial charge is 0.255 e. The fraction of sp³-hybridized carbons (Fsp3) is 0.333. The number of hydrogen-bond donors (Lipinski definition) is 2. The summed E-state index contributed by atoms with van der Waals surface area (Å²) in [7, 11) is 1.52. The van der Waals surface area contributed by atoms with Crippen molar-refractivity contribution in [3.05, 3.63) is 58.1 Å². The molecule has 0 atom stereocenters. The minimum Gasteiger partial charge on any atom is -0.495 e. The zero-order valence-electron chi connectivity index (χ0n) is 15.5. The van der Waals surface area contributed by atoms with Crippen LogP contribution in [0.25, 0.3) is 0 Å². The lowest BCUT2D eigenvalue weighted by molar-refractivity contribution is 0.0936. The van der Waals surface area contributed by atoms with Gasteiger partial charge in [0.2, 0.25) is 0 Å². The maximum Gasteiger partial charge on any atom is 0.255 e. The molecule has 0 saturated heterocycles. The normalized spacial score (nSPS) is 14.0. The maximum atomic E-state index is 12.5. The lowest BCUT2D eigenvalue weighted by atomic mass is 10.1. The fourth-order valence-electron chi connectivity index (χ4n) is 3.24. The summed E-state index contributed by atoms with van der Waals surface area (Å²) in [6.07, 6.45) is 4.40. The summed E-state index contributed by atoms with van der Waals surface area (Å²) in [6, 6.07) is 10.3. The molecule has 3 rings (SSSR count). The topological polar surface area (TPSA) is 67.4 Å². The molecule has 142 valence electrons. The van der Waals surface area contributed by atoms with Crippen LogP contribution in [0.3, 0.4) is 0 Å². The molecule has 0 unspecified atom stereocenters. The highest BCUT2D eigenvalue weighted by molar-refractivity contribution is 6.31. The van der Waals surface area contributed by atoms with E-state index < -0.39 is 0 Å². The van der Waals surface area contributed by atoms with E-state index >= 15 is 0 Å². The van der Waals surface area contributed by atoms with Gasteiger partial charge in [-0.05, 0) is 55.7 Å². The molecule has 0 radical (unpaired) electrons. The number of rotatable bonds is 5. The molecule has 2 N–H and O–H groups in total. The number of hydrogen-bond acceptors (Lipinski definition) is 3. The highest BCUT2D eigenvalue weighted by Gasteiger charge is 2.18. The zero-order chi connectivity index (χ0) is 19.4. The number of methoxy groups -OCH3 is 1. The van der Waals surface area contributed by atoms with Crippen molar-refractivity contribution in [3.8, 4) is 5.75 Å². The van der Waals surface area contributed by atoms with Crippen LogP contribution in [0, 0.1) is 6.92 Å². The van der Waals surface area contributed by atoms with Crippen molar-refractivity contribution in [3.63, 3.8) is 0 Å². The molecule has 1 aliphatic carbocycles. The zero-order valence-corrected chi connectivity index (χ0v) is 16.2. The van der Waals surface area contributed by atoms with Crippen molar-refractivity contribution in [2.24, 2.45) is 0 Å². The van der Waals surface area contributed by atoms with Crippen LogP contribution in [-0.4, -0.2) is 25.0 Å². The van der Waals surface area contributed by atoms with E-state index in [1.165, 1.54) is 7.11 Å². The molecule has 2 amide bonds. The standard InChI is InChI=1S/C21H23ClN2O3/c1-13-11-18(19(27-2)12-17(13)22)24-21(26)15-9-7-14(8-10-15)20(25)23-16-5-3-4-6-16/h7-12,16H,3-6H2,1-2H3,(H,23,25)(H,24,26). The first-order valence-corrected chi connectivity index (χ1v) is 9.42. The monoisotopic (exact) mass is 386 g/mol.